The van der Waals surface area contributed by atoms with Crippen molar-refractivity contribution in [3.05, 3.63) is 58.2 Å². The number of ether oxygens (including phenoxy) is 2. The molecule has 0 saturated carbocycles. The Hall–Kier alpha value is -3.78. The quantitative estimate of drug-likeness (QED) is 0.329. The number of fused-ring (bicyclic) bond motifs is 1. The summed E-state index contributed by atoms with van der Waals surface area (Å²) in [5.74, 6) is 0.318. The molecule has 12 nitrogen and oxygen atoms in total. The van der Waals surface area contributed by atoms with Crippen LogP contribution in [-0.4, -0.2) is 96.0 Å². The summed E-state index contributed by atoms with van der Waals surface area (Å²) in [5, 5.41) is 8.43. The molecule has 2 saturated heterocycles. The lowest BCUT2D eigenvalue weighted by molar-refractivity contribution is 0.0364. The summed E-state index contributed by atoms with van der Waals surface area (Å²) >= 11 is 1.26. The molecule has 210 valence electrons. The van der Waals surface area contributed by atoms with Gasteiger partial charge >= 0.3 is 5.69 Å². The highest BCUT2D eigenvalue weighted by molar-refractivity contribution is 7.12. The van der Waals surface area contributed by atoms with Crippen LogP contribution >= 0.6 is 11.3 Å². The van der Waals surface area contributed by atoms with Crippen LogP contribution in [0.2, 0.25) is 0 Å². The molecular weight excluding hydrogens is 532 g/mol. The Labute approximate surface area is 235 Å². The van der Waals surface area contributed by atoms with E-state index in [1.807, 2.05) is 24.3 Å². The van der Waals surface area contributed by atoms with Crippen LogP contribution in [0.3, 0.4) is 0 Å². The number of benzene rings is 1. The Morgan fingerprint density at radius 3 is 2.75 bits per heavy atom. The van der Waals surface area contributed by atoms with Crippen molar-refractivity contribution in [1.82, 2.24) is 29.3 Å². The normalized spacial score (nSPS) is 16.4. The van der Waals surface area contributed by atoms with Crippen molar-refractivity contribution in [3.63, 3.8) is 0 Å². The van der Waals surface area contributed by atoms with Crippen molar-refractivity contribution in [2.45, 2.75) is 6.54 Å². The molecule has 40 heavy (non-hydrogen) atoms. The first-order chi connectivity index (χ1) is 19.6. The third-order valence-corrected chi connectivity index (χ3v) is 8.13. The van der Waals surface area contributed by atoms with Gasteiger partial charge in [-0.3, -0.25) is 19.2 Å². The molecule has 0 bridgehead atoms. The van der Waals surface area contributed by atoms with Crippen LogP contribution in [0.5, 0.6) is 5.75 Å². The van der Waals surface area contributed by atoms with Crippen molar-refractivity contribution in [1.29, 1.82) is 0 Å². The summed E-state index contributed by atoms with van der Waals surface area (Å²) in [5.41, 5.74) is 3.06. The number of piperazine rings is 1. The Morgan fingerprint density at radius 2 is 1.95 bits per heavy atom. The zero-order chi connectivity index (χ0) is 27.5. The molecule has 2 aliphatic rings. The maximum absolute atomic E-state index is 13.7. The molecule has 2 aliphatic heterocycles. The number of morpholine rings is 1. The van der Waals surface area contributed by atoms with E-state index in [4.69, 9.17) is 9.47 Å². The standard InChI is InChI=1S/C27H32N8O4S/c1-38-19-2-3-23-24(16-19)34(11-10-32-12-14-39-15-13-32)27(37)35(23)26-31-21(18-40-26)25(36)30-20-17-29-5-4-22(20)33-8-6-28-7-9-33/h2-5,16-18,28H,6-15H2,1H3,(H,30,36). The highest BCUT2D eigenvalue weighted by atomic mass is 32.1. The summed E-state index contributed by atoms with van der Waals surface area (Å²) in [6, 6.07) is 7.46. The van der Waals surface area contributed by atoms with Gasteiger partial charge < -0.3 is 25.0 Å². The topological polar surface area (TPSA) is 119 Å². The van der Waals surface area contributed by atoms with Gasteiger partial charge in [0.1, 0.15) is 11.4 Å². The van der Waals surface area contributed by atoms with Crippen molar-refractivity contribution in [2.24, 2.45) is 0 Å². The first kappa shape index (κ1) is 26.4. The third kappa shape index (κ3) is 5.32. The number of aromatic nitrogens is 4. The first-order valence-corrected chi connectivity index (χ1v) is 14.3. The second kappa shape index (κ2) is 11.8. The van der Waals surface area contributed by atoms with E-state index in [-0.39, 0.29) is 17.3 Å². The molecule has 4 aromatic rings. The predicted molar refractivity (Wildman–Crippen MR) is 154 cm³/mol. The predicted octanol–water partition coefficient (Wildman–Crippen LogP) is 1.65. The maximum atomic E-state index is 13.7. The first-order valence-electron chi connectivity index (χ1n) is 13.4. The van der Waals surface area contributed by atoms with Gasteiger partial charge in [0.25, 0.3) is 5.91 Å². The maximum Gasteiger partial charge on any atom is 0.335 e. The molecule has 1 aromatic carbocycles. The van der Waals surface area contributed by atoms with Crippen LogP contribution in [0.1, 0.15) is 10.5 Å². The van der Waals surface area contributed by atoms with E-state index in [1.54, 1.807) is 34.0 Å². The van der Waals surface area contributed by atoms with Gasteiger partial charge in [-0.25, -0.2) is 14.3 Å². The molecule has 2 N–H and O–H groups in total. The lowest BCUT2D eigenvalue weighted by Crippen LogP contribution is -2.43. The lowest BCUT2D eigenvalue weighted by Gasteiger charge is -2.30. The van der Waals surface area contributed by atoms with Crippen LogP contribution < -0.4 is 26.0 Å². The second-order valence-electron chi connectivity index (χ2n) is 9.68. The highest BCUT2D eigenvalue weighted by Crippen LogP contribution is 2.27. The number of rotatable bonds is 8. The minimum atomic E-state index is -0.349. The van der Waals surface area contributed by atoms with E-state index < -0.39 is 0 Å². The van der Waals surface area contributed by atoms with Gasteiger partial charge in [-0.05, 0) is 18.2 Å². The van der Waals surface area contributed by atoms with E-state index in [9.17, 15) is 9.59 Å². The van der Waals surface area contributed by atoms with Crippen LogP contribution in [0, 0.1) is 0 Å². The molecule has 0 unspecified atom stereocenters. The summed E-state index contributed by atoms with van der Waals surface area (Å²) in [6.07, 6.45) is 3.38. The smallest absolute Gasteiger partial charge is 0.335 e. The Kier molecular flexibility index (Phi) is 7.77. The van der Waals surface area contributed by atoms with Crippen molar-refractivity contribution in [3.8, 4) is 10.9 Å². The second-order valence-corrected chi connectivity index (χ2v) is 10.5. The Morgan fingerprint density at radius 1 is 1.12 bits per heavy atom. The molecule has 0 aliphatic carbocycles. The molecule has 2 fully saturated rings. The number of pyridine rings is 1. The molecule has 0 spiro atoms. The zero-order valence-electron chi connectivity index (χ0n) is 22.3. The molecule has 1 amide bonds. The third-order valence-electron chi connectivity index (χ3n) is 7.30. The Bertz CT molecular complexity index is 1550. The van der Waals surface area contributed by atoms with Gasteiger partial charge in [-0.2, -0.15) is 0 Å². The van der Waals surface area contributed by atoms with Crippen molar-refractivity contribution in [2.75, 3.05) is 76.4 Å². The number of nitrogens with one attached hydrogen (secondary N) is 2. The average molecular weight is 565 g/mol. The van der Waals surface area contributed by atoms with E-state index >= 15 is 0 Å². The van der Waals surface area contributed by atoms with Crippen LogP contribution in [0.25, 0.3) is 16.2 Å². The number of carbonyl (C=O) groups excluding carboxylic acids is 1. The van der Waals surface area contributed by atoms with Gasteiger partial charge in [-0.1, -0.05) is 0 Å². The number of carbonyl (C=O) groups is 1. The molecule has 3 aromatic heterocycles. The molecule has 0 radical (unpaired) electrons. The fraction of sp³-hybridized carbons (Fsp3) is 0.407. The summed E-state index contributed by atoms with van der Waals surface area (Å²) in [7, 11) is 1.61. The minimum Gasteiger partial charge on any atom is -0.497 e. The number of anilines is 2. The fourth-order valence-electron chi connectivity index (χ4n) is 5.15. The monoisotopic (exact) mass is 564 g/mol. The highest BCUT2D eigenvalue weighted by Gasteiger charge is 2.22. The number of nitrogens with zero attached hydrogens (tertiary/aromatic N) is 6. The van der Waals surface area contributed by atoms with Crippen LogP contribution in [0.15, 0.2) is 46.8 Å². The summed E-state index contributed by atoms with van der Waals surface area (Å²) < 4.78 is 14.2. The van der Waals surface area contributed by atoms with E-state index in [2.05, 4.69) is 30.4 Å². The van der Waals surface area contributed by atoms with Crippen LogP contribution in [-0.2, 0) is 11.3 Å². The number of thiazole rings is 1. The van der Waals surface area contributed by atoms with E-state index in [0.717, 1.165) is 57.0 Å². The number of methoxy groups -OCH3 is 1. The zero-order valence-corrected chi connectivity index (χ0v) is 23.2. The van der Waals surface area contributed by atoms with Gasteiger partial charge in [0, 0.05) is 70.0 Å². The molecule has 13 heteroatoms. The van der Waals surface area contributed by atoms with Gasteiger partial charge in [0.2, 0.25) is 0 Å². The van der Waals surface area contributed by atoms with E-state index in [1.165, 1.54) is 11.3 Å². The van der Waals surface area contributed by atoms with Gasteiger partial charge in [0.15, 0.2) is 5.13 Å². The number of hydrogen-bond donors (Lipinski definition) is 2. The Balaban J connectivity index is 1.28. The summed E-state index contributed by atoms with van der Waals surface area (Å²) in [6.45, 7) is 7.78. The number of amides is 1. The van der Waals surface area contributed by atoms with Gasteiger partial charge in [0.05, 0.1) is 48.9 Å². The largest absolute Gasteiger partial charge is 0.497 e. The van der Waals surface area contributed by atoms with Crippen molar-refractivity contribution < 1.29 is 14.3 Å². The van der Waals surface area contributed by atoms with Crippen LogP contribution in [0.4, 0.5) is 11.4 Å². The average Bonchev–Trinajstić information content (AvgIpc) is 3.59. The minimum absolute atomic E-state index is 0.203. The van der Waals surface area contributed by atoms with Crippen molar-refractivity contribution >= 4 is 39.7 Å². The summed E-state index contributed by atoms with van der Waals surface area (Å²) in [4.78, 5) is 40.3. The molecule has 5 heterocycles. The SMILES string of the molecule is COc1ccc2c(c1)n(CCN1CCOCC1)c(=O)n2-c1nc(C(=O)Nc2cnccc2N2CCNCC2)cs1. The van der Waals surface area contributed by atoms with Gasteiger partial charge in [-0.15, -0.1) is 11.3 Å². The molecular formula is C27H32N8O4S. The number of imidazole rings is 1. The number of hydrogen-bond acceptors (Lipinski definition) is 10. The lowest BCUT2D eigenvalue weighted by atomic mass is 10.2. The fourth-order valence-corrected chi connectivity index (χ4v) is 5.96. The molecule has 0 atom stereocenters. The molecule has 6 rings (SSSR count). The van der Waals surface area contributed by atoms with E-state index in [0.29, 0.717) is 41.8 Å².